The van der Waals surface area contributed by atoms with Gasteiger partial charge in [0.05, 0.1) is 5.02 Å². The summed E-state index contributed by atoms with van der Waals surface area (Å²) in [5.41, 5.74) is 0.887. The summed E-state index contributed by atoms with van der Waals surface area (Å²) in [5, 5.41) is 4.33. The zero-order valence-corrected chi connectivity index (χ0v) is 14.2. The molecule has 0 aliphatic carbocycles. The number of hydrogen-bond donors (Lipinski definition) is 1. The zero-order chi connectivity index (χ0) is 16.5. The Bertz CT molecular complexity index is 922. The van der Waals surface area contributed by atoms with Gasteiger partial charge in [0.1, 0.15) is 18.1 Å². The first-order chi connectivity index (χ1) is 11.7. The first-order valence-electron chi connectivity index (χ1n) is 7.57. The number of para-hydroxylation sites is 1. The molecule has 6 heteroatoms. The monoisotopic (exact) mass is 359 g/mol. The number of ether oxygens (including phenoxy) is 2. The first kappa shape index (κ1) is 15.3. The Morgan fingerprint density at radius 3 is 2.83 bits per heavy atom. The third-order valence-electron chi connectivity index (χ3n) is 3.83. The Morgan fingerprint density at radius 2 is 1.96 bits per heavy atom. The molecule has 0 spiro atoms. The van der Waals surface area contributed by atoms with Crippen LogP contribution in [0.25, 0.3) is 10.1 Å². The van der Waals surface area contributed by atoms with Crippen molar-refractivity contribution in [2.24, 2.45) is 0 Å². The van der Waals surface area contributed by atoms with E-state index in [0.717, 1.165) is 15.6 Å². The van der Waals surface area contributed by atoms with Gasteiger partial charge in [-0.25, -0.2) is 0 Å². The van der Waals surface area contributed by atoms with Gasteiger partial charge in [-0.15, -0.1) is 11.3 Å². The standard InChI is InChI=1S/C18H14ClNO3S/c19-15-12-5-1-2-7-14(12)24-17(15)18(21)20-10-11-4-3-6-13-16(11)23-9-8-22-13/h1-7H,8-10H2,(H,20,21). The molecule has 1 N–H and O–H groups in total. The number of fused-ring (bicyclic) bond motifs is 2. The largest absolute Gasteiger partial charge is 0.486 e. The molecule has 3 aromatic rings. The van der Waals surface area contributed by atoms with E-state index in [1.807, 2.05) is 42.5 Å². The number of hydrogen-bond acceptors (Lipinski definition) is 4. The fourth-order valence-corrected chi connectivity index (χ4v) is 4.12. The normalized spacial score (nSPS) is 13.0. The van der Waals surface area contributed by atoms with Crippen molar-refractivity contribution in [3.8, 4) is 11.5 Å². The number of benzene rings is 2. The molecule has 0 saturated carbocycles. The highest BCUT2D eigenvalue weighted by molar-refractivity contribution is 7.21. The van der Waals surface area contributed by atoms with Gasteiger partial charge in [-0.2, -0.15) is 0 Å². The summed E-state index contributed by atoms with van der Waals surface area (Å²) in [6.45, 7) is 1.41. The van der Waals surface area contributed by atoms with Gasteiger partial charge < -0.3 is 14.8 Å². The summed E-state index contributed by atoms with van der Waals surface area (Å²) in [4.78, 5) is 13.0. The molecular formula is C18H14ClNO3S. The van der Waals surface area contributed by atoms with Crippen LogP contribution >= 0.6 is 22.9 Å². The van der Waals surface area contributed by atoms with E-state index in [4.69, 9.17) is 21.1 Å². The Hall–Kier alpha value is -2.24. The van der Waals surface area contributed by atoms with Crippen molar-refractivity contribution in [2.75, 3.05) is 13.2 Å². The van der Waals surface area contributed by atoms with E-state index in [9.17, 15) is 4.79 Å². The van der Waals surface area contributed by atoms with Crippen molar-refractivity contribution < 1.29 is 14.3 Å². The van der Waals surface area contributed by atoms with Crippen LogP contribution in [0.3, 0.4) is 0 Å². The van der Waals surface area contributed by atoms with E-state index in [-0.39, 0.29) is 5.91 Å². The van der Waals surface area contributed by atoms with Crippen LogP contribution in [0.15, 0.2) is 42.5 Å². The maximum absolute atomic E-state index is 12.5. The van der Waals surface area contributed by atoms with Crippen LogP contribution in [0, 0.1) is 0 Å². The second-order valence-corrected chi connectivity index (χ2v) is 6.80. The van der Waals surface area contributed by atoms with E-state index in [1.165, 1.54) is 11.3 Å². The lowest BCUT2D eigenvalue weighted by Gasteiger charge is -2.21. The van der Waals surface area contributed by atoms with Gasteiger partial charge in [0.25, 0.3) is 5.91 Å². The number of carbonyl (C=O) groups excluding carboxylic acids is 1. The van der Waals surface area contributed by atoms with Crippen molar-refractivity contribution in [1.29, 1.82) is 0 Å². The second kappa shape index (κ2) is 6.34. The lowest BCUT2D eigenvalue weighted by Crippen LogP contribution is -2.24. The minimum absolute atomic E-state index is 0.185. The van der Waals surface area contributed by atoms with Gasteiger partial charge in [-0.1, -0.05) is 41.9 Å². The Morgan fingerprint density at radius 1 is 1.12 bits per heavy atom. The average Bonchev–Trinajstić information content (AvgIpc) is 2.97. The molecule has 0 saturated heterocycles. The van der Waals surface area contributed by atoms with Crippen LogP contribution in [-0.4, -0.2) is 19.1 Å². The zero-order valence-electron chi connectivity index (χ0n) is 12.7. The molecule has 0 atom stereocenters. The summed E-state index contributed by atoms with van der Waals surface area (Å²) >= 11 is 7.75. The minimum Gasteiger partial charge on any atom is -0.486 e. The molecule has 1 aliphatic rings. The summed E-state index contributed by atoms with van der Waals surface area (Å²) in [6, 6.07) is 13.4. The maximum atomic E-state index is 12.5. The van der Waals surface area contributed by atoms with Crippen LogP contribution in [0.1, 0.15) is 15.2 Å². The van der Waals surface area contributed by atoms with Crippen molar-refractivity contribution in [3.63, 3.8) is 0 Å². The van der Waals surface area contributed by atoms with Crippen LogP contribution < -0.4 is 14.8 Å². The van der Waals surface area contributed by atoms with E-state index < -0.39 is 0 Å². The molecule has 0 unspecified atom stereocenters. The van der Waals surface area contributed by atoms with E-state index in [1.54, 1.807) is 0 Å². The average molecular weight is 360 g/mol. The number of amides is 1. The first-order valence-corrected chi connectivity index (χ1v) is 8.76. The van der Waals surface area contributed by atoms with Gasteiger partial charge in [0, 0.05) is 22.2 Å². The maximum Gasteiger partial charge on any atom is 0.263 e. The predicted molar refractivity (Wildman–Crippen MR) is 95.4 cm³/mol. The summed E-state index contributed by atoms with van der Waals surface area (Å²) in [5.74, 6) is 1.23. The molecule has 1 aliphatic heterocycles. The van der Waals surface area contributed by atoms with E-state index >= 15 is 0 Å². The van der Waals surface area contributed by atoms with E-state index in [2.05, 4.69) is 5.32 Å². The van der Waals surface area contributed by atoms with Gasteiger partial charge >= 0.3 is 0 Å². The van der Waals surface area contributed by atoms with Gasteiger partial charge in [0.2, 0.25) is 0 Å². The topological polar surface area (TPSA) is 47.6 Å². The third kappa shape index (κ3) is 2.70. The molecule has 2 heterocycles. The lowest BCUT2D eigenvalue weighted by atomic mass is 10.1. The summed E-state index contributed by atoms with van der Waals surface area (Å²) in [6.07, 6.45) is 0. The smallest absolute Gasteiger partial charge is 0.263 e. The van der Waals surface area contributed by atoms with Gasteiger partial charge in [0.15, 0.2) is 11.5 Å². The molecule has 122 valence electrons. The number of thiophene rings is 1. The SMILES string of the molecule is O=C(NCc1cccc2c1OCCO2)c1sc2ccccc2c1Cl. The predicted octanol–water partition coefficient (Wildman–Crippen LogP) is 4.26. The molecule has 4 nitrogen and oxygen atoms in total. The summed E-state index contributed by atoms with van der Waals surface area (Å²) in [7, 11) is 0. The van der Waals surface area contributed by atoms with Crippen molar-refractivity contribution in [1.82, 2.24) is 5.32 Å². The Kier molecular flexibility index (Phi) is 4.04. The highest BCUT2D eigenvalue weighted by Gasteiger charge is 2.19. The van der Waals surface area contributed by atoms with Crippen molar-refractivity contribution >= 4 is 38.9 Å². The molecule has 1 aromatic heterocycles. The second-order valence-electron chi connectivity index (χ2n) is 5.37. The number of carbonyl (C=O) groups is 1. The Labute approximate surface area is 148 Å². The highest BCUT2D eigenvalue weighted by Crippen LogP contribution is 2.36. The Balaban J connectivity index is 1.55. The van der Waals surface area contributed by atoms with Crippen LogP contribution in [0.5, 0.6) is 11.5 Å². The fraction of sp³-hybridized carbons (Fsp3) is 0.167. The van der Waals surface area contributed by atoms with Gasteiger partial charge in [-0.05, 0) is 12.1 Å². The quantitative estimate of drug-likeness (QED) is 0.760. The molecule has 0 fully saturated rings. The fourth-order valence-electron chi connectivity index (χ4n) is 2.69. The van der Waals surface area contributed by atoms with Crippen molar-refractivity contribution in [2.45, 2.75) is 6.54 Å². The van der Waals surface area contributed by atoms with Crippen LogP contribution in [0.4, 0.5) is 0 Å². The van der Waals surface area contributed by atoms with Gasteiger partial charge in [-0.3, -0.25) is 4.79 Å². The molecule has 4 rings (SSSR count). The molecule has 24 heavy (non-hydrogen) atoms. The van der Waals surface area contributed by atoms with Crippen LogP contribution in [0.2, 0.25) is 5.02 Å². The van der Waals surface area contributed by atoms with Crippen LogP contribution in [-0.2, 0) is 6.54 Å². The molecular weight excluding hydrogens is 346 g/mol. The third-order valence-corrected chi connectivity index (χ3v) is 5.50. The molecule has 0 radical (unpaired) electrons. The number of rotatable bonds is 3. The highest BCUT2D eigenvalue weighted by atomic mass is 35.5. The van der Waals surface area contributed by atoms with E-state index in [0.29, 0.717) is 41.2 Å². The minimum atomic E-state index is -0.185. The molecule has 1 amide bonds. The van der Waals surface area contributed by atoms with Crippen molar-refractivity contribution in [3.05, 3.63) is 57.9 Å². The summed E-state index contributed by atoms with van der Waals surface area (Å²) < 4.78 is 12.2. The molecule has 2 aromatic carbocycles. The molecule has 0 bridgehead atoms. The lowest BCUT2D eigenvalue weighted by molar-refractivity contribution is 0.0954. The number of halogens is 1. The number of nitrogens with one attached hydrogen (secondary N) is 1.